The van der Waals surface area contributed by atoms with Gasteiger partial charge in [-0.25, -0.2) is 0 Å². The summed E-state index contributed by atoms with van der Waals surface area (Å²) in [5, 5.41) is 4.93. The first kappa shape index (κ1) is 19.9. The first-order valence-corrected chi connectivity index (χ1v) is 10.00. The molecular formula is C21H22N2O4S. The van der Waals surface area contributed by atoms with Gasteiger partial charge in [-0.15, -0.1) is 11.8 Å². The lowest BCUT2D eigenvalue weighted by molar-refractivity contribution is -0.153. The average Bonchev–Trinajstić information content (AvgIpc) is 2.69. The molecule has 1 aliphatic rings. The molecule has 7 heteroatoms. The summed E-state index contributed by atoms with van der Waals surface area (Å²) in [7, 11) is 0. The van der Waals surface area contributed by atoms with Crippen molar-refractivity contribution >= 4 is 40.9 Å². The molecule has 2 N–H and O–H groups in total. The molecule has 0 saturated heterocycles. The highest BCUT2D eigenvalue weighted by molar-refractivity contribution is 8.01. The molecule has 0 saturated carbocycles. The van der Waals surface area contributed by atoms with Gasteiger partial charge in [0, 0.05) is 10.6 Å². The number of ether oxygens (including phenoxy) is 1. The fraction of sp³-hybridized carbons (Fsp3) is 0.286. The van der Waals surface area contributed by atoms with Crippen molar-refractivity contribution in [3.8, 4) is 0 Å². The summed E-state index contributed by atoms with van der Waals surface area (Å²) in [6, 6.07) is 14.9. The van der Waals surface area contributed by atoms with Crippen LogP contribution < -0.4 is 10.6 Å². The number of carbonyl (C=O) groups is 3. The highest BCUT2D eigenvalue weighted by atomic mass is 32.2. The Balaban J connectivity index is 1.52. The van der Waals surface area contributed by atoms with Crippen molar-refractivity contribution < 1.29 is 19.1 Å². The Morgan fingerprint density at radius 3 is 2.61 bits per heavy atom. The van der Waals surface area contributed by atoms with Gasteiger partial charge in [0.2, 0.25) is 5.91 Å². The van der Waals surface area contributed by atoms with Crippen molar-refractivity contribution in [1.82, 2.24) is 0 Å². The third-order valence-corrected chi connectivity index (χ3v) is 5.64. The van der Waals surface area contributed by atoms with Crippen molar-refractivity contribution in [3.05, 3.63) is 54.1 Å². The summed E-state index contributed by atoms with van der Waals surface area (Å²) in [5.74, 6) is -1.24. The molecule has 1 heterocycles. The lowest BCUT2D eigenvalue weighted by Gasteiger charge is -2.23. The van der Waals surface area contributed by atoms with Crippen molar-refractivity contribution in [2.45, 2.75) is 42.9 Å². The van der Waals surface area contributed by atoms with E-state index in [1.165, 1.54) is 24.2 Å². The van der Waals surface area contributed by atoms with E-state index in [9.17, 15) is 14.4 Å². The predicted octanol–water partition coefficient (Wildman–Crippen LogP) is 3.62. The highest BCUT2D eigenvalue weighted by Crippen LogP contribution is 2.36. The first-order chi connectivity index (χ1) is 13.5. The molecule has 3 rings (SSSR count). The number of anilines is 2. The smallest absolute Gasteiger partial charge is 0.308 e. The van der Waals surface area contributed by atoms with Crippen LogP contribution in [0.3, 0.4) is 0 Å². The maximum absolute atomic E-state index is 12.2. The number of rotatable bonds is 6. The summed E-state index contributed by atoms with van der Waals surface area (Å²) < 4.78 is 5.22. The van der Waals surface area contributed by atoms with Crippen molar-refractivity contribution in [2.75, 3.05) is 10.6 Å². The Labute approximate surface area is 168 Å². The molecule has 2 aromatic rings. The predicted molar refractivity (Wildman–Crippen MR) is 109 cm³/mol. The molecule has 0 aliphatic carbocycles. The van der Waals surface area contributed by atoms with Gasteiger partial charge in [0.25, 0.3) is 5.91 Å². The van der Waals surface area contributed by atoms with Crippen LogP contribution in [0.5, 0.6) is 0 Å². The van der Waals surface area contributed by atoms with Crippen molar-refractivity contribution in [2.24, 2.45) is 0 Å². The zero-order valence-corrected chi connectivity index (χ0v) is 16.5. The van der Waals surface area contributed by atoms with Gasteiger partial charge in [-0.1, -0.05) is 31.2 Å². The lowest BCUT2D eigenvalue weighted by atomic mass is 10.1. The molecule has 2 amide bonds. The Morgan fingerprint density at radius 1 is 1.18 bits per heavy atom. The first-order valence-electron chi connectivity index (χ1n) is 9.12. The van der Waals surface area contributed by atoms with Gasteiger partial charge in [-0.05, 0) is 43.2 Å². The minimum atomic E-state index is -0.956. The van der Waals surface area contributed by atoms with Crippen LogP contribution >= 0.6 is 11.8 Å². The van der Waals surface area contributed by atoms with Gasteiger partial charge < -0.3 is 15.4 Å². The second-order valence-electron chi connectivity index (χ2n) is 6.47. The van der Waals surface area contributed by atoms with Crippen LogP contribution in [0.15, 0.2) is 53.4 Å². The topological polar surface area (TPSA) is 84.5 Å². The Morgan fingerprint density at radius 2 is 1.89 bits per heavy atom. The molecule has 2 atom stereocenters. The molecule has 0 aromatic heterocycles. The van der Waals surface area contributed by atoms with E-state index in [4.69, 9.17) is 4.74 Å². The SMILES string of the molecule is CCc1ccc(NC(=O)[C@@H](C)OC(=O)C[C@H]2Sc3ccccc3NC2=O)cc1. The maximum atomic E-state index is 12.2. The number of thioether (sulfide) groups is 1. The Hall–Kier alpha value is -2.80. The molecule has 0 bridgehead atoms. The number of nitrogens with one attached hydrogen (secondary N) is 2. The minimum Gasteiger partial charge on any atom is -0.452 e. The van der Waals surface area contributed by atoms with E-state index >= 15 is 0 Å². The highest BCUT2D eigenvalue weighted by Gasteiger charge is 2.30. The van der Waals surface area contributed by atoms with Gasteiger partial charge in [0.15, 0.2) is 6.10 Å². The Bertz CT molecular complexity index is 882. The zero-order valence-electron chi connectivity index (χ0n) is 15.7. The molecule has 0 radical (unpaired) electrons. The Kier molecular flexibility index (Phi) is 6.36. The average molecular weight is 398 g/mol. The zero-order chi connectivity index (χ0) is 20.1. The van der Waals surface area contributed by atoms with Crippen LogP contribution in [0.4, 0.5) is 11.4 Å². The third-order valence-electron chi connectivity index (χ3n) is 4.37. The molecule has 146 valence electrons. The molecule has 0 spiro atoms. The number of esters is 1. The van der Waals surface area contributed by atoms with E-state index in [2.05, 4.69) is 17.6 Å². The number of hydrogen-bond acceptors (Lipinski definition) is 5. The summed E-state index contributed by atoms with van der Waals surface area (Å²) in [4.78, 5) is 37.6. The van der Waals surface area contributed by atoms with Crippen LogP contribution in [0.2, 0.25) is 0 Å². The second-order valence-corrected chi connectivity index (χ2v) is 7.71. The number of aryl methyl sites for hydroxylation is 1. The van der Waals surface area contributed by atoms with Crippen LogP contribution in [-0.4, -0.2) is 29.1 Å². The third kappa shape index (κ3) is 4.92. The molecule has 28 heavy (non-hydrogen) atoms. The number of carbonyl (C=O) groups excluding carboxylic acids is 3. The molecule has 2 aromatic carbocycles. The summed E-state index contributed by atoms with van der Waals surface area (Å²) >= 11 is 1.32. The lowest BCUT2D eigenvalue weighted by Crippen LogP contribution is -2.34. The second kappa shape index (κ2) is 8.93. The molecular weight excluding hydrogens is 376 g/mol. The molecule has 0 unspecified atom stereocenters. The van der Waals surface area contributed by atoms with Crippen molar-refractivity contribution in [1.29, 1.82) is 0 Å². The normalized spacial score (nSPS) is 16.5. The maximum Gasteiger partial charge on any atom is 0.308 e. The van der Waals surface area contributed by atoms with Gasteiger partial charge in [-0.3, -0.25) is 14.4 Å². The standard InChI is InChI=1S/C21H22N2O4S/c1-3-14-8-10-15(11-9-14)22-20(25)13(2)27-19(24)12-18-21(26)23-16-6-4-5-7-17(16)28-18/h4-11,13,18H,3,12H2,1-2H3,(H,22,25)(H,23,26)/t13-,18-/m1/s1. The van der Waals surface area contributed by atoms with Crippen LogP contribution in [0.1, 0.15) is 25.8 Å². The summed E-state index contributed by atoms with van der Waals surface area (Å²) in [6.07, 6.45) is -0.144. The van der Waals surface area contributed by atoms with E-state index in [0.29, 0.717) is 5.69 Å². The van der Waals surface area contributed by atoms with Crippen molar-refractivity contribution in [3.63, 3.8) is 0 Å². The van der Waals surface area contributed by atoms with Crippen LogP contribution in [-0.2, 0) is 25.5 Å². The number of hydrogen-bond donors (Lipinski definition) is 2. The quantitative estimate of drug-likeness (QED) is 0.726. The number of benzene rings is 2. The number of fused-ring (bicyclic) bond motifs is 1. The molecule has 1 aliphatic heterocycles. The van der Waals surface area contributed by atoms with Gasteiger partial charge >= 0.3 is 5.97 Å². The van der Waals surface area contributed by atoms with Gasteiger partial charge in [-0.2, -0.15) is 0 Å². The fourth-order valence-corrected chi connectivity index (χ4v) is 3.84. The van der Waals surface area contributed by atoms with Crippen LogP contribution in [0.25, 0.3) is 0 Å². The van der Waals surface area contributed by atoms with Gasteiger partial charge in [0.1, 0.15) is 0 Å². The van der Waals surface area contributed by atoms with E-state index < -0.39 is 23.2 Å². The minimum absolute atomic E-state index is 0.104. The molecule has 6 nitrogen and oxygen atoms in total. The van der Waals surface area contributed by atoms with E-state index in [-0.39, 0.29) is 12.3 Å². The summed E-state index contributed by atoms with van der Waals surface area (Å²) in [6.45, 7) is 3.57. The van der Waals surface area contributed by atoms with E-state index in [1.807, 2.05) is 48.5 Å². The van der Waals surface area contributed by atoms with Gasteiger partial charge in [0.05, 0.1) is 17.4 Å². The summed E-state index contributed by atoms with van der Waals surface area (Å²) in [5.41, 5.74) is 2.55. The largest absolute Gasteiger partial charge is 0.452 e. The number of para-hydroxylation sites is 1. The number of amides is 2. The van der Waals surface area contributed by atoms with Crippen LogP contribution in [0, 0.1) is 0 Å². The monoisotopic (exact) mass is 398 g/mol. The fourth-order valence-electron chi connectivity index (χ4n) is 2.74. The molecule has 0 fully saturated rings. The van der Waals surface area contributed by atoms with E-state index in [1.54, 1.807) is 0 Å². The van der Waals surface area contributed by atoms with E-state index in [0.717, 1.165) is 17.0 Å².